The molecule has 0 aliphatic heterocycles. The maximum absolute atomic E-state index is 11.9. The topological polar surface area (TPSA) is 55.4 Å². The summed E-state index contributed by atoms with van der Waals surface area (Å²) < 4.78 is 5.39. The fourth-order valence-electron chi connectivity index (χ4n) is 1.39. The Morgan fingerprint density at radius 2 is 2.12 bits per heavy atom. The van der Waals surface area contributed by atoms with Crippen LogP contribution in [-0.4, -0.2) is 25.5 Å². The number of ether oxygens (including phenoxy) is 1. The van der Waals surface area contributed by atoms with E-state index >= 15 is 0 Å². The van der Waals surface area contributed by atoms with Gasteiger partial charge in [-0.2, -0.15) is 0 Å². The number of benzene rings is 1. The molecule has 5 heteroatoms. The van der Waals surface area contributed by atoms with Crippen LogP contribution in [0.3, 0.4) is 0 Å². The van der Waals surface area contributed by atoms with Crippen LogP contribution < -0.4 is 5.32 Å². The van der Waals surface area contributed by atoms with Gasteiger partial charge in [0.15, 0.2) is 0 Å². The van der Waals surface area contributed by atoms with Crippen LogP contribution in [0.5, 0.6) is 0 Å². The summed E-state index contributed by atoms with van der Waals surface area (Å²) in [5.41, 5.74) is 1.59. The fourth-order valence-corrected chi connectivity index (χ4v) is 2.27. The zero-order valence-corrected chi connectivity index (χ0v) is 11.9. The van der Waals surface area contributed by atoms with E-state index in [-0.39, 0.29) is 24.8 Å². The minimum Gasteiger partial charge on any atom is -0.469 e. The number of nitrogens with one attached hydrogen (secondary N) is 1. The summed E-state index contributed by atoms with van der Waals surface area (Å²) in [6.07, 6.45) is 0.185. The number of rotatable bonds is 4. The van der Waals surface area contributed by atoms with Crippen molar-refractivity contribution in [2.24, 2.45) is 0 Å². The maximum Gasteiger partial charge on any atom is 0.307 e. The number of esters is 1. The van der Waals surface area contributed by atoms with Crippen molar-refractivity contribution in [3.8, 4) is 0 Å². The number of halogens is 1. The lowest BCUT2D eigenvalue weighted by atomic mass is 10.1. The van der Waals surface area contributed by atoms with Crippen molar-refractivity contribution in [1.29, 1.82) is 0 Å². The first-order chi connectivity index (χ1) is 8.06. The summed E-state index contributed by atoms with van der Waals surface area (Å²) in [5.74, 6) is -0.485. The Kier molecular flexibility index (Phi) is 5.40. The summed E-state index contributed by atoms with van der Waals surface area (Å²) in [6, 6.07) is 5.67. The summed E-state index contributed by atoms with van der Waals surface area (Å²) in [6.45, 7) is 2.17. The number of methoxy groups -OCH3 is 1. The summed E-state index contributed by atoms with van der Waals surface area (Å²) >= 11 is 2.12. The molecule has 0 saturated heterocycles. The minimum atomic E-state index is -0.329. The number of carbonyl (C=O) groups excluding carboxylic acids is 2. The Bertz CT molecular complexity index is 412. The molecule has 0 spiro atoms. The van der Waals surface area contributed by atoms with E-state index in [2.05, 4.69) is 32.6 Å². The van der Waals surface area contributed by atoms with E-state index in [0.717, 1.165) is 9.13 Å². The predicted molar refractivity (Wildman–Crippen MR) is 72.9 cm³/mol. The van der Waals surface area contributed by atoms with Crippen LogP contribution in [0.15, 0.2) is 18.2 Å². The van der Waals surface area contributed by atoms with Gasteiger partial charge in [0.1, 0.15) is 0 Å². The van der Waals surface area contributed by atoms with Gasteiger partial charge < -0.3 is 10.1 Å². The van der Waals surface area contributed by atoms with Gasteiger partial charge in [-0.1, -0.05) is 12.1 Å². The zero-order valence-electron chi connectivity index (χ0n) is 9.75. The highest BCUT2D eigenvalue weighted by Crippen LogP contribution is 2.15. The summed E-state index contributed by atoms with van der Waals surface area (Å²) in [7, 11) is 1.33. The molecular weight excluding hydrogens is 333 g/mol. The number of amides is 1. The molecular formula is C12H14INO3. The SMILES string of the molecule is COC(=O)CCNC(=O)c1c(C)cccc1I. The van der Waals surface area contributed by atoms with E-state index in [9.17, 15) is 9.59 Å². The molecule has 4 nitrogen and oxygen atoms in total. The number of aryl methyl sites for hydroxylation is 1. The normalized spacial score (nSPS) is 9.82. The van der Waals surface area contributed by atoms with Crippen LogP contribution in [0.2, 0.25) is 0 Å². The first kappa shape index (κ1) is 14.0. The standard InChI is InChI=1S/C12H14INO3/c1-8-4-3-5-9(13)11(8)12(16)14-7-6-10(15)17-2/h3-5H,6-7H2,1-2H3,(H,14,16). The number of hydrogen-bond donors (Lipinski definition) is 1. The molecule has 1 aromatic carbocycles. The highest BCUT2D eigenvalue weighted by Gasteiger charge is 2.12. The van der Waals surface area contributed by atoms with Crippen molar-refractivity contribution >= 4 is 34.5 Å². The van der Waals surface area contributed by atoms with E-state index < -0.39 is 0 Å². The van der Waals surface area contributed by atoms with Crippen molar-refractivity contribution in [1.82, 2.24) is 5.32 Å². The van der Waals surface area contributed by atoms with Crippen LogP contribution in [-0.2, 0) is 9.53 Å². The molecule has 0 bridgehead atoms. The molecule has 0 aliphatic rings. The van der Waals surface area contributed by atoms with Gasteiger partial charge >= 0.3 is 5.97 Å². The van der Waals surface area contributed by atoms with E-state index in [4.69, 9.17) is 0 Å². The molecule has 1 rings (SSSR count). The molecule has 1 amide bonds. The van der Waals surface area contributed by atoms with Gasteiger partial charge in [-0.3, -0.25) is 9.59 Å². The van der Waals surface area contributed by atoms with Crippen LogP contribution in [0.25, 0.3) is 0 Å². The number of carbonyl (C=O) groups is 2. The third-order valence-electron chi connectivity index (χ3n) is 2.29. The first-order valence-electron chi connectivity index (χ1n) is 5.16. The van der Waals surface area contributed by atoms with Crippen molar-refractivity contribution in [2.45, 2.75) is 13.3 Å². The molecule has 0 unspecified atom stereocenters. The predicted octanol–water partition coefficient (Wildman–Crippen LogP) is 1.89. The molecule has 0 fully saturated rings. The van der Waals surface area contributed by atoms with Gasteiger partial charge in [0.2, 0.25) is 0 Å². The average Bonchev–Trinajstić information content (AvgIpc) is 2.28. The Balaban J connectivity index is 2.61. The van der Waals surface area contributed by atoms with E-state index in [1.807, 2.05) is 25.1 Å². The van der Waals surface area contributed by atoms with Gasteiger partial charge in [0.05, 0.1) is 19.1 Å². The Labute approximate surface area is 114 Å². The highest BCUT2D eigenvalue weighted by molar-refractivity contribution is 14.1. The molecule has 17 heavy (non-hydrogen) atoms. The molecule has 0 saturated carbocycles. The quantitative estimate of drug-likeness (QED) is 0.669. The monoisotopic (exact) mass is 347 g/mol. The van der Waals surface area contributed by atoms with Crippen LogP contribution in [0.1, 0.15) is 22.3 Å². The molecule has 0 aliphatic carbocycles. The van der Waals surface area contributed by atoms with Crippen LogP contribution in [0, 0.1) is 10.5 Å². The summed E-state index contributed by atoms with van der Waals surface area (Å²) in [5, 5.41) is 2.70. The minimum absolute atomic E-state index is 0.156. The average molecular weight is 347 g/mol. The molecule has 0 atom stereocenters. The van der Waals surface area contributed by atoms with Crippen LogP contribution >= 0.6 is 22.6 Å². The van der Waals surface area contributed by atoms with Crippen LogP contribution in [0.4, 0.5) is 0 Å². The van der Waals surface area contributed by atoms with Crippen molar-refractivity contribution in [2.75, 3.05) is 13.7 Å². The Hall–Kier alpha value is -1.11. The second-order valence-electron chi connectivity index (χ2n) is 3.51. The van der Waals surface area contributed by atoms with Gasteiger partial charge in [0, 0.05) is 10.1 Å². The van der Waals surface area contributed by atoms with E-state index in [0.29, 0.717) is 5.56 Å². The Morgan fingerprint density at radius 3 is 2.71 bits per heavy atom. The zero-order chi connectivity index (χ0) is 12.8. The Morgan fingerprint density at radius 1 is 1.41 bits per heavy atom. The van der Waals surface area contributed by atoms with E-state index in [1.165, 1.54) is 7.11 Å². The van der Waals surface area contributed by atoms with E-state index in [1.54, 1.807) is 0 Å². The third kappa shape index (κ3) is 3.99. The lowest BCUT2D eigenvalue weighted by Crippen LogP contribution is -2.27. The van der Waals surface area contributed by atoms with Crippen molar-refractivity contribution in [3.63, 3.8) is 0 Å². The molecule has 1 aromatic rings. The van der Waals surface area contributed by atoms with Crippen molar-refractivity contribution < 1.29 is 14.3 Å². The third-order valence-corrected chi connectivity index (χ3v) is 3.19. The van der Waals surface area contributed by atoms with Gasteiger partial charge in [-0.15, -0.1) is 0 Å². The lowest BCUT2D eigenvalue weighted by Gasteiger charge is -2.08. The van der Waals surface area contributed by atoms with Crippen molar-refractivity contribution in [3.05, 3.63) is 32.9 Å². The largest absolute Gasteiger partial charge is 0.469 e. The molecule has 0 heterocycles. The lowest BCUT2D eigenvalue weighted by molar-refractivity contribution is -0.140. The highest BCUT2D eigenvalue weighted by atomic mass is 127. The fraction of sp³-hybridized carbons (Fsp3) is 0.333. The van der Waals surface area contributed by atoms with Gasteiger partial charge in [-0.05, 0) is 41.1 Å². The second kappa shape index (κ2) is 6.58. The smallest absolute Gasteiger partial charge is 0.307 e. The van der Waals surface area contributed by atoms with Gasteiger partial charge in [-0.25, -0.2) is 0 Å². The first-order valence-corrected chi connectivity index (χ1v) is 6.24. The molecule has 0 radical (unpaired) electrons. The maximum atomic E-state index is 11.9. The molecule has 1 N–H and O–H groups in total. The molecule has 92 valence electrons. The second-order valence-corrected chi connectivity index (χ2v) is 4.68. The summed E-state index contributed by atoms with van der Waals surface area (Å²) in [4.78, 5) is 22.8. The molecule has 0 aromatic heterocycles. The number of hydrogen-bond acceptors (Lipinski definition) is 3. The van der Waals surface area contributed by atoms with Gasteiger partial charge in [0.25, 0.3) is 5.91 Å².